The van der Waals surface area contributed by atoms with E-state index < -0.39 is 18.3 Å². The average molecular weight is 309 g/mol. The fourth-order valence-corrected chi connectivity index (χ4v) is 1.54. The van der Waals surface area contributed by atoms with Crippen molar-refractivity contribution in [2.75, 3.05) is 0 Å². The van der Waals surface area contributed by atoms with Gasteiger partial charge in [0, 0.05) is 12.4 Å². The number of nitriles is 1. The quantitative estimate of drug-likeness (QED) is 0.860. The minimum atomic E-state index is -4.50. The lowest BCUT2D eigenvalue weighted by atomic mass is 10.2. The highest BCUT2D eigenvalue weighted by atomic mass is 19.4. The van der Waals surface area contributed by atoms with E-state index in [0.717, 1.165) is 6.07 Å². The molecule has 2 heterocycles. The summed E-state index contributed by atoms with van der Waals surface area (Å²) in [5, 5.41) is 8.85. The summed E-state index contributed by atoms with van der Waals surface area (Å²) in [6.07, 6.45) is -0.579. The highest BCUT2D eigenvalue weighted by Crippen LogP contribution is 2.31. The van der Waals surface area contributed by atoms with E-state index in [9.17, 15) is 13.2 Å². The summed E-state index contributed by atoms with van der Waals surface area (Å²) in [6.45, 7) is 3.61. The molecule has 0 fully saturated rings. The lowest BCUT2D eigenvalue weighted by molar-refractivity contribution is -0.138. The van der Waals surface area contributed by atoms with Crippen molar-refractivity contribution in [1.82, 2.24) is 9.97 Å². The molecule has 0 aliphatic heterocycles. The number of halogens is 3. The van der Waals surface area contributed by atoms with Gasteiger partial charge in [-0.3, -0.25) is 9.97 Å². The van der Waals surface area contributed by atoms with Crippen LogP contribution in [0.25, 0.3) is 0 Å². The molecule has 7 heteroatoms. The topological polar surface area (TPSA) is 58.8 Å². The van der Waals surface area contributed by atoms with Gasteiger partial charge in [-0.2, -0.15) is 18.4 Å². The molecular formula is C15H14F3N3O. The Morgan fingerprint density at radius 2 is 1.95 bits per heavy atom. The molecule has 116 valence electrons. The normalized spacial score (nSPS) is 10.2. The minimum Gasteiger partial charge on any atom is -0.484 e. The number of rotatable bonds is 3. The van der Waals surface area contributed by atoms with Gasteiger partial charge >= 0.3 is 6.18 Å². The molecule has 4 nitrogen and oxygen atoms in total. The van der Waals surface area contributed by atoms with Crippen molar-refractivity contribution in [2.45, 2.75) is 26.6 Å². The van der Waals surface area contributed by atoms with Gasteiger partial charge < -0.3 is 4.74 Å². The maximum absolute atomic E-state index is 12.8. The van der Waals surface area contributed by atoms with Crippen molar-refractivity contribution >= 4 is 0 Å². The number of hydrogen-bond acceptors (Lipinski definition) is 4. The lowest BCUT2D eigenvalue weighted by Gasteiger charge is -2.12. The van der Waals surface area contributed by atoms with Gasteiger partial charge in [0.2, 0.25) is 0 Å². The highest BCUT2D eigenvalue weighted by molar-refractivity contribution is 5.40. The molecule has 0 amide bonds. The highest BCUT2D eigenvalue weighted by Gasteiger charge is 2.33. The van der Waals surface area contributed by atoms with E-state index in [1.807, 2.05) is 19.9 Å². The fraction of sp³-hybridized carbons (Fsp3) is 0.267. The van der Waals surface area contributed by atoms with E-state index in [1.165, 1.54) is 30.7 Å². The van der Waals surface area contributed by atoms with Crippen molar-refractivity contribution < 1.29 is 17.9 Å². The Bertz CT molecular complexity index is 651. The largest absolute Gasteiger partial charge is 0.484 e. The Balaban J connectivity index is 0.00000116. The molecule has 0 saturated heterocycles. The summed E-state index contributed by atoms with van der Waals surface area (Å²) in [6, 6.07) is 5.42. The van der Waals surface area contributed by atoms with Crippen LogP contribution in [-0.2, 0) is 12.8 Å². The number of nitrogens with zero attached hydrogens (tertiary/aromatic N) is 3. The molecule has 2 rings (SSSR count). The van der Waals surface area contributed by atoms with Crippen molar-refractivity contribution in [3.05, 3.63) is 53.6 Å². The zero-order chi connectivity index (χ0) is 16.6. The first-order valence-corrected chi connectivity index (χ1v) is 6.50. The Kier molecular flexibility index (Phi) is 6.32. The third-order valence-electron chi connectivity index (χ3n) is 2.46. The molecule has 0 bridgehead atoms. The van der Waals surface area contributed by atoms with Gasteiger partial charge in [-0.25, -0.2) is 0 Å². The molecule has 0 unspecified atom stereocenters. The van der Waals surface area contributed by atoms with Gasteiger partial charge in [0.25, 0.3) is 0 Å². The van der Waals surface area contributed by atoms with Crippen LogP contribution < -0.4 is 4.74 Å². The SMILES string of the molecule is CC.N#Cc1ccncc1OCc1ncccc1C(F)(F)F. The van der Waals surface area contributed by atoms with Crippen LogP contribution in [0.3, 0.4) is 0 Å². The second kappa shape index (κ2) is 7.98. The van der Waals surface area contributed by atoms with Gasteiger partial charge in [0.15, 0.2) is 5.75 Å². The van der Waals surface area contributed by atoms with E-state index in [0.29, 0.717) is 0 Å². The Labute approximate surface area is 126 Å². The first-order valence-electron chi connectivity index (χ1n) is 6.50. The molecule has 0 radical (unpaired) electrons. The Morgan fingerprint density at radius 3 is 2.59 bits per heavy atom. The lowest BCUT2D eigenvalue weighted by Crippen LogP contribution is -2.12. The summed E-state index contributed by atoms with van der Waals surface area (Å²) in [4.78, 5) is 7.43. The third kappa shape index (κ3) is 4.45. The predicted octanol–water partition coefficient (Wildman–Crippen LogP) is 3.97. The van der Waals surface area contributed by atoms with Crippen LogP contribution in [0.15, 0.2) is 36.8 Å². The molecule has 0 aliphatic rings. The van der Waals surface area contributed by atoms with Gasteiger partial charge in [-0.05, 0) is 18.2 Å². The van der Waals surface area contributed by atoms with Crippen LogP contribution in [0.4, 0.5) is 13.2 Å². The number of alkyl halides is 3. The van der Waals surface area contributed by atoms with Crippen molar-refractivity contribution in [3.63, 3.8) is 0 Å². The maximum atomic E-state index is 12.8. The van der Waals surface area contributed by atoms with E-state index in [-0.39, 0.29) is 17.0 Å². The van der Waals surface area contributed by atoms with E-state index >= 15 is 0 Å². The van der Waals surface area contributed by atoms with E-state index in [1.54, 1.807) is 0 Å². The van der Waals surface area contributed by atoms with Gasteiger partial charge in [0.1, 0.15) is 12.7 Å². The van der Waals surface area contributed by atoms with Crippen LogP contribution in [0.2, 0.25) is 0 Å². The molecule has 2 aromatic heterocycles. The number of hydrogen-bond donors (Lipinski definition) is 0. The second-order valence-corrected chi connectivity index (χ2v) is 3.77. The monoisotopic (exact) mass is 309 g/mol. The first kappa shape index (κ1) is 17.4. The number of aromatic nitrogens is 2. The molecule has 0 saturated carbocycles. The maximum Gasteiger partial charge on any atom is 0.418 e. The van der Waals surface area contributed by atoms with E-state index in [4.69, 9.17) is 10.00 Å². The van der Waals surface area contributed by atoms with Crippen LogP contribution in [0.1, 0.15) is 30.7 Å². The summed E-state index contributed by atoms with van der Waals surface area (Å²) in [5.74, 6) is 0.119. The first-order chi connectivity index (χ1) is 10.5. The predicted molar refractivity (Wildman–Crippen MR) is 73.9 cm³/mol. The summed E-state index contributed by atoms with van der Waals surface area (Å²) < 4.78 is 43.5. The third-order valence-corrected chi connectivity index (χ3v) is 2.46. The number of pyridine rings is 2. The molecule has 0 aromatic carbocycles. The molecule has 22 heavy (non-hydrogen) atoms. The van der Waals surface area contributed by atoms with E-state index in [2.05, 4.69) is 9.97 Å². The molecular weight excluding hydrogens is 295 g/mol. The Morgan fingerprint density at radius 1 is 1.23 bits per heavy atom. The van der Waals surface area contributed by atoms with Crippen LogP contribution in [-0.4, -0.2) is 9.97 Å². The second-order valence-electron chi connectivity index (χ2n) is 3.77. The molecule has 0 atom stereocenters. The number of ether oxygens (including phenoxy) is 1. The van der Waals surface area contributed by atoms with Gasteiger partial charge in [-0.15, -0.1) is 0 Å². The van der Waals surface area contributed by atoms with Crippen molar-refractivity contribution in [2.24, 2.45) is 0 Å². The molecule has 0 aliphatic carbocycles. The summed E-state index contributed by atoms with van der Waals surface area (Å²) in [5.41, 5.74) is -0.903. The van der Waals surface area contributed by atoms with Gasteiger partial charge in [-0.1, -0.05) is 13.8 Å². The van der Waals surface area contributed by atoms with Gasteiger partial charge in [0.05, 0.1) is 23.0 Å². The van der Waals surface area contributed by atoms with Crippen LogP contribution in [0, 0.1) is 11.3 Å². The smallest absolute Gasteiger partial charge is 0.418 e. The van der Waals surface area contributed by atoms with Crippen molar-refractivity contribution in [3.8, 4) is 11.8 Å². The average Bonchev–Trinajstić information content (AvgIpc) is 2.54. The van der Waals surface area contributed by atoms with Crippen molar-refractivity contribution in [1.29, 1.82) is 5.26 Å². The fourth-order valence-electron chi connectivity index (χ4n) is 1.54. The molecule has 2 aromatic rings. The molecule has 0 N–H and O–H groups in total. The zero-order valence-corrected chi connectivity index (χ0v) is 12.1. The standard InChI is InChI=1S/C13H8F3N3O.C2H6/c14-13(15,16)10-2-1-4-19-11(10)8-20-12-7-18-5-3-9(12)6-17;1-2/h1-5,7H,8H2;1-2H3. The molecule has 0 spiro atoms. The van der Waals surface area contributed by atoms with Crippen LogP contribution >= 0.6 is 0 Å². The minimum absolute atomic E-state index is 0.119. The van der Waals surface area contributed by atoms with Crippen LogP contribution in [0.5, 0.6) is 5.75 Å². The summed E-state index contributed by atoms with van der Waals surface area (Å²) >= 11 is 0. The summed E-state index contributed by atoms with van der Waals surface area (Å²) in [7, 11) is 0. The zero-order valence-electron chi connectivity index (χ0n) is 12.1. The Hall–Kier alpha value is -2.62.